The van der Waals surface area contributed by atoms with Crippen molar-refractivity contribution in [2.24, 2.45) is 54.1 Å². The van der Waals surface area contributed by atoms with Crippen LogP contribution in [0.2, 0.25) is 0 Å². The molecule has 15 atom stereocenters. The number of aliphatic hydroxyl groups excluding tert-OH is 12. The van der Waals surface area contributed by atoms with E-state index in [1.54, 1.807) is 41.5 Å². The number of aliphatic hydroxyl groups is 12. The Bertz CT molecular complexity index is 1650. The van der Waals surface area contributed by atoms with Crippen LogP contribution in [0.3, 0.4) is 0 Å². The first-order valence-electron chi connectivity index (χ1n) is 25.7. The topological polar surface area (TPSA) is 361 Å². The Kier molecular flexibility index (Phi) is 72.7. The van der Waals surface area contributed by atoms with Crippen molar-refractivity contribution in [3.05, 3.63) is 0 Å². The van der Waals surface area contributed by atoms with Gasteiger partial charge in [-0.3, -0.25) is 0 Å². The van der Waals surface area contributed by atoms with Gasteiger partial charge in [-0.1, -0.05) is 138 Å². The molecule has 5 fully saturated rings. The van der Waals surface area contributed by atoms with Crippen LogP contribution in [0.5, 0.6) is 0 Å². The minimum absolute atomic E-state index is 0. The van der Waals surface area contributed by atoms with Crippen LogP contribution in [-0.2, 0) is 32.8 Å². The number of phosphoric acid groups is 1. The van der Waals surface area contributed by atoms with E-state index in [-0.39, 0.29) is 517 Å². The van der Waals surface area contributed by atoms with Gasteiger partial charge < -0.3 is 104 Å². The van der Waals surface area contributed by atoms with E-state index in [4.69, 9.17) is 33.9 Å². The molecule has 5 rings (SSSR count). The number of hydrogen-bond acceptors (Lipinski definition) is 21. The molecule has 21 nitrogen and oxygen atoms in total. The van der Waals surface area contributed by atoms with Crippen molar-refractivity contribution < 1.29 is 560 Å². The van der Waals surface area contributed by atoms with E-state index in [0.717, 1.165) is 0 Å². The molecule has 0 aromatic heterocycles. The third-order valence-electron chi connectivity index (χ3n) is 17.8. The van der Waals surface area contributed by atoms with E-state index in [2.05, 4.69) is 4.52 Å². The molecule has 0 aliphatic carbocycles. The molecule has 14 unspecified atom stereocenters. The SMILES string of the molecule is CC1(C)C(CO)OC(OP(=O)([O-])[O-])C(C)(C)[C@H]1O.CC1(C)C(O)OC(CO)C(C)(C)C1O.CC1(C)C(O)OC(CO)C(C)(C)C1O.CC1OC(CO)C(C)(C)C(O)C1(C)C.CC1OC(CO)C(C)(C)C(O)C1(C)C.[Ac].[Ac].[Ac].[Ac].[Ac].[Ac].[Ac].[Ac].[Ac].[Na+].[Na+]. The molecule has 0 amide bonds. The molecule has 5 saturated heterocycles. The van der Waals surface area contributed by atoms with Gasteiger partial charge in [-0.25, -0.2) is 0 Å². The summed E-state index contributed by atoms with van der Waals surface area (Å²) in [6.45, 7) is 39.5. The van der Waals surface area contributed by atoms with Crippen LogP contribution < -0.4 is 68.9 Å². The van der Waals surface area contributed by atoms with Crippen molar-refractivity contribution in [1.29, 1.82) is 0 Å². The van der Waals surface area contributed by atoms with E-state index in [1.165, 1.54) is 13.8 Å². The predicted octanol–water partition coefficient (Wildman–Crippen LogP) is -4.45. The minimum atomic E-state index is -5.24. The molecule has 0 spiro atoms. The van der Waals surface area contributed by atoms with Gasteiger partial charge in [-0.2, -0.15) is 0 Å². The van der Waals surface area contributed by atoms with Crippen LogP contribution in [0.15, 0.2) is 0 Å². The molecule has 5 aliphatic heterocycles. The smallest absolute Gasteiger partial charge is 0.790 e. The first kappa shape index (κ1) is 123. The standard InChI is InChI=1S/2C11H22O3.C10H21O7P.2C10H20O4.9Ac.2Na/c2*1-7-10(2,3)9(13)11(4,5)8(6-12)14-7;1-9(2)6(5-11)16-8(17-18(13,14)15)10(3,4)7(9)12;2*1-9(2)6(5-11)14-8(13)10(3,4)7(9)12;;;;;;;;;;;/h2*7-9,12-13H,6H2,1-5H3;6-8,11-12H,5H2,1-4H3,(H2,13,14,15);2*6-8,11-13H,5H2,1-4H3;;;;;;;;;;;/q;;;;;;;;;;;;;;2*+1/p-2/t;;6?,7-,8?;;;;;;;;;;;;;/m..0............./s1. The van der Waals surface area contributed by atoms with Crippen LogP contribution in [0, 0.1) is 451 Å². The molecule has 0 aromatic carbocycles. The monoisotopic (exact) mass is 3180 g/mol. The Balaban J connectivity index is -0.0000000869. The van der Waals surface area contributed by atoms with E-state index < -0.39 is 125 Å². The third kappa shape index (κ3) is 31.9. The van der Waals surface area contributed by atoms with Crippen LogP contribution >= 0.6 is 7.82 Å². The molecule has 0 aromatic rings. The first-order chi connectivity index (χ1) is 32.9. The van der Waals surface area contributed by atoms with Gasteiger partial charge in [0.05, 0.1) is 114 Å². The van der Waals surface area contributed by atoms with E-state index >= 15 is 0 Å². The summed E-state index contributed by atoms with van der Waals surface area (Å²) < 4.78 is 42.3. The molecule has 471 valence electrons. The Morgan fingerprint density at radius 2 is 0.506 bits per heavy atom. The van der Waals surface area contributed by atoms with Gasteiger partial charge in [-0.05, 0) is 13.8 Å². The van der Waals surface area contributed by atoms with Crippen molar-refractivity contribution in [1.82, 2.24) is 0 Å². The Morgan fingerprint density at radius 1 is 0.329 bits per heavy atom. The molecule has 0 bridgehead atoms. The second kappa shape index (κ2) is 50.2. The van der Waals surface area contributed by atoms with Crippen molar-refractivity contribution >= 4 is 7.82 Å². The van der Waals surface area contributed by atoms with Crippen LogP contribution in [0.4, 0.5) is 0 Å². The summed E-state index contributed by atoms with van der Waals surface area (Å²) in [5, 5.41) is 116. The molecule has 33 heteroatoms. The molecular formula is C52H103Ac9Na2O21P. The second-order valence-corrected chi connectivity index (χ2v) is 28.2. The van der Waals surface area contributed by atoms with E-state index in [1.807, 2.05) is 96.9 Å². The maximum absolute atomic E-state index is 10.7. The van der Waals surface area contributed by atoms with Crippen molar-refractivity contribution in [3.63, 3.8) is 0 Å². The van der Waals surface area contributed by atoms with Crippen LogP contribution in [0.1, 0.15) is 152 Å². The summed E-state index contributed by atoms with van der Waals surface area (Å²) in [7, 11) is -5.24. The van der Waals surface area contributed by atoms with Gasteiger partial charge in [0.25, 0.3) is 0 Å². The second-order valence-electron chi connectivity index (χ2n) is 27.1. The number of hydrogen-bond donors (Lipinski definition) is 12. The Labute approximate surface area is 877 Å². The molecule has 5 aliphatic rings. The molecule has 12 N–H and O–H groups in total. The Hall–Kier alpha value is 14.4. The Morgan fingerprint density at radius 3 is 0.706 bits per heavy atom. The zero-order valence-corrected chi connectivity index (χ0v) is 103. The summed E-state index contributed by atoms with van der Waals surface area (Å²) >= 11 is 0. The van der Waals surface area contributed by atoms with Gasteiger partial charge in [-0.15, -0.1) is 0 Å². The van der Waals surface area contributed by atoms with Gasteiger partial charge in [0.15, 0.2) is 18.9 Å². The average Bonchev–Trinajstić information content (AvgIpc) is 3.28. The normalized spacial score (nSPS) is 34.5. The zero-order chi connectivity index (χ0) is 58.9. The van der Waals surface area contributed by atoms with Gasteiger partial charge in [0.1, 0.15) is 0 Å². The fraction of sp³-hybridized carbons (Fsp3) is 1.00. The fourth-order valence-electron chi connectivity index (χ4n) is 10.9. The summed E-state index contributed by atoms with van der Waals surface area (Å²) in [5.41, 5.74) is -5.77. The number of ether oxygens (including phenoxy) is 5. The fourth-order valence-corrected chi connectivity index (χ4v) is 11.5. The third-order valence-corrected chi connectivity index (χ3v) is 18.3. The van der Waals surface area contributed by atoms with Crippen LogP contribution in [0.25, 0.3) is 0 Å². The van der Waals surface area contributed by atoms with Gasteiger partial charge in [0, 0.05) is 451 Å². The van der Waals surface area contributed by atoms with E-state index in [9.17, 15) is 65.4 Å². The average molecular weight is 3180 g/mol. The molecule has 85 heavy (non-hydrogen) atoms. The minimum Gasteiger partial charge on any atom is -0.790 e. The summed E-state index contributed by atoms with van der Waals surface area (Å²) in [5.74, 6) is 0. The van der Waals surface area contributed by atoms with E-state index in [0.29, 0.717) is 0 Å². The molecule has 9 radical (unpaired) electrons. The zero-order valence-electron chi connectivity index (χ0n) is 55.9. The van der Waals surface area contributed by atoms with Crippen LogP contribution in [-0.4, -0.2) is 186 Å². The summed E-state index contributed by atoms with van der Waals surface area (Å²) in [4.78, 5) is 21.4. The van der Waals surface area contributed by atoms with Gasteiger partial charge in [0.2, 0.25) is 0 Å². The number of rotatable bonds is 7. The summed E-state index contributed by atoms with van der Waals surface area (Å²) in [6.07, 6.45) is -9.36. The van der Waals surface area contributed by atoms with Crippen molar-refractivity contribution in [2.75, 3.05) is 33.0 Å². The maximum atomic E-state index is 10.7. The molecule has 0 saturated carbocycles. The maximum Gasteiger partial charge on any atom is 1.00 e. The molecule has 5 heterocycles. The first-order valence-corrected chi connectivity index (χ1v) is 27.1. The van der Waals surface area contributed by atoms with Crippen molar-refractivity contribution in [3.8, 4) is 0 Å². The van der Waals surface area contributed by atoms with Crippen molar-refractivity contribution in [2.45, 2.75) is 244 Å². The number of phosphoric ester groups is 1. The predicted molar refractivity (Wildman–Crippen MR) is 271 cm³/mol. The quantitative estimate of drug-likeness (QED) is 0.0845. The largest absolute Gasteiger partial charge is 1.00 e. The van der Waals surface area contributed by atoms with Gasteiger partial charge >= 0.3 is 59.1 Å². The molecular weight excluding hydrogens is 3080 g/mol. The summed E-state index contributed by atoms with van der Waals surface area (Å²) in [6, 6.07) is 0.